The molecule has 6 aromatic rings. The van der Waals surface area contributed by atoms with E-state index in [1.807, 2.05) is 0 Å². The molecule has 10 N–H and O–H groups in total. The average molecular weight is 1110 g/mol. The summed E-state index contributed by atoms with van der Waals surface area (Å²) < 4.78 is 208. The number of nitrogen functional groups attached to an aromatic ring is 1. The van der Waals surface area contributed by atoms with Gasteiger partial charge < -0.3 is 15.9 Å². The van der Waals surface area contributed by atoms with Gasteiger partial charge in [-0.1, -0.05) is 0 Å². The van der Waals surface area contributed by atoms with Crippen molar-refractivity contribution in [3.8, 4) is 11.5 Å². The highest BCUT2D eigenvalue weighted by atomic mass is 32.2. The van der Waals surface area contributed by atoms with Gasteiger partial charge in [0.15, 0.2) is 11.5 Å². The van der Waals surface area contributed by atoms with Crippen LogP contribution in [0.2, 0.25) is 0 Å². The molecule has 6 rings (SSSR count). The molecule has 0 radical (unpaired) electrons. The van der Waals surface area contributed by atoms with E-state index in [1.165, 1.54) is 0 Å². The van der Waals surface area contributed by atoms with Crippen molar-refractivity contribution < 1.29 is 97.9 Å². The van der Waals surface area contributed by atoms with Crippen molar-refractivity contribution in [3.63, 3.8) is 0 Å². The Morgan fingerprint density at radius 3 is 1.13 bits per heavy atom. The highest BCUT2D eigenvalue weighted by molar-refractivity contribution is 7.87. The molecule has 0 unspecified atom stereocenters. The number of azo groups is 3. The number of phenols is 2. The summed E-state index contributed by atoms with van der Waals surface area (Å²) in [4.78, 5) is 12.1. The van der Waals surface area contributed by atoms with Crippen molar-refractivity contribution in [1.82, 2.24) is 0 Å². The third-order valence-electron chi connectivity index (χ3n) is 9.19. The van der Waals surface area contributed by atoms with Crippen molar-refractivity contribution >= 4 is 133 Å². The molecule has 0 bridgehead atoms. The highest BCUT2D eigenvalue weighted by Crippen LogP contribution is 2.50. The molecule has 0 amide bonds. The minimum atomic E-state index is -5.65. The highest BCUT2D eigenvalue weighted by Gasteiger charge is 2.31. The lowest BCUT2D eigenvalue weighted by Crippen LogP contribution is -2.04. The number of rotatable bonds is 14. The third kappa shape index (κ3) is 10.7. The molecule has 71 heavy (non-hydrogen) atoms. The summed E-state index contributed by atoms with van der Waals surface area (Å²) >= 11 is 0. The summed E-state index contributed by atoms with van der Waals surface area (Å²) in [7, 11) is -33.1. The van der Waals surface area contributed by atoms with Gasteiger partial charge in [0.25, 0.3) is 72.1 Å². The van der Waals surface area contributed by atoms with Crippen LogP contribution in [0.5, 0.6) is 11.5 Å². The molecule has 0 saturated heterocycles. The SMILES string of the molecule is Nc1c(N=Nc2cc3c(O)c(N=Nc4ccc([N+](=O)[O-])cc4S(=O)(=O)O)c(S(=O)(=O)O)cc3cc2S(=O)(=O)O)c(S(=O)(=O)O)cc2cc(S(=O)(=O)O)c(N=Nc3ccc([N+](=O)[O-])cc3S(=O)(=O)O)c(O)c12. The maximum atomic E-state index is 12.7. The minimum Gasteiger partial charge on any atom is -0.505 e. The van der Waals surface area contributed by atoms with E-state index in [4.69, 9.17) is 5.73 Å². The molecular weight excluding hydrogens is 1090 g/mol. The van der Waals surface area contributed by atoms with Gasteiger partial charge in [0.05, 0.1) is 20.9 Å². The van der Waals surface area contributed by atoms with E-state index in [2.05, 4.69) is 30.7 Å². The van der Waals surface area contributed by atoms with Gasteiger partial charge in [0.1, 0.15) is 63.5 Å². The standard InChI is InChI=1S/C32H21N9O24S6/c33-27-26-13(8-25(71(63,64)65)30(32(26)43)39-35-18-4-2-15(41(46)47)10-22(18)68(54,55)56)7-23(69(57,58)59)28(27)37-36-19-11-16-12(5-20(19)66(48,49)50)6-24(70(60,61)62)29(31(16)42)38-34-17-3-1-14(40(44)45)9-21(17)67(51,52)53/h1-11,42-43H,33H2,(H,48,49,50)(H,51,52,53)(H,54,55,56)(H,57,58,59)(H,60,61,62)(H,63,64,65). The number of phenolic OH excluding ortho intramolecular Hbond substituents is 2. The minimum absolute atomic E-state index is 0.305. The molecule has 39 heteroatoms. The fourth-order valence-electron chi connectivity index (χ4n) is 6.17. The number of benzene rings is 6. The van der Waals surface area contributed by atoms with Crippen LogP contribution in [0.4, 0.5) is 51.2 Å². The second-order valence-corrected chi connectivity index (χ2v) is 22.0. The molecule has 0 fully saturated rings. The van der Waals surface area contributed by atoms with E-state index in [0.717, 1.165) is 0 Å². The van der Waals surface area contributed by atoms with Crippen molar-refractivity contribution in [2.75, 3.05) is 5.73 Å². The first-order valence-electron chi connectivity index (χ1n) is 17.5. The monoisotopic (exact) mass is 1110 g/mol. The van der Waals surface area contributed by atoms with Crippen LogP contribution in [0.1, 0.15) is 0 Å². The Kier molecular flexibility index (Phi) is 13.3. The van der Waals surface area contributed by atoms with E-state index >= 15 is 0 Å². The summed E-state index contributed by atoms with van der Waals surface area (Å²) in [5.74, 6) is -2.87. The predicted octanol–water partition coefficient (Wildman–Crippen LogP) is 5.53. The molecule has 0 aliphatic rings. The lowest BCUT2D eigenvalue weighted by molar-refractivity contribution is -0.385. The van der Waals surface area contributed by atoms with Gasteiger partial charge in [0, 0.05) is 29.7 Å². The van der Waals surface area contributed by atoms with E-state index in [9.17, 15) is 108 Å². The smallest absolute Gasteiger partial charge is 0.297 e. The van der Waals surface area contributed by atoms with Crippen LogP contribution in [0.25, 0.3) is 21.5 Å². The topological polar surface area (TPSA) is 553 Å². The molecule has 33 nitrogen and oxygen atoms in total. The Hall–Kier alpha value is -7.70. The zero-order chi connectivity index (χ0) is 53.3. The van der Waals surface area contributed by atoms with Crippen LogP contribution in [-0.2, 0) is 60.7 Å². The number of nitrogens with two attached hydrogens (primary N) is 1. The Morgan fingerprint density at radius 2 is 0.732 bits per heavy atom. The van der Waals surface area contributed by atoms with Gasteiger partial charge in [-0.15, -0.1) is 30.7 Å². The quantitative estimate of drug-likeness (QED) is 0.0213. The van der Waals surface area contributed by atoms with Crippen LogP contribution in [-0.4, -0.2) is 97.9 Å². The molecule has 0 aromatic heterocycles. The molecule has 0 spiro atoms. The molecule has 374 valence electrons. The molecule has 0 aliphatic heterocycles. The first-order chi connectivity index (χ1) is 32.4. The van der Waals surface area contributed by atoms with Gasteiger partial charge in [-0.05, 0) is 53.2 Å². The Balaban J connectivity index is 1.63. The Labute approximate surface area is 393 Å². The number of nitro benzene ring substituents is 2. The number of nitro groups is 2. The van der Waals surface area contributed by atoms with Crippen molar-refractivity contribution in [3.05, 3.63) is 87.0 Å². The van der Waals surface area contributed by atoms with Gasteiger partial charge in [0.2, 0.25) is 0 Å². The number of non-ortho nitro benzene ring substituents is 2. The second-order valence-electron chi connectivity index (χ2n) is 13.7. The van der Waals surface area contributed by atoms with E-state index in [1.54, 1.807) is 0 Å². The maximum Gasteiger partial charge on any atom is 0.297 e. The van der Waals surface area contributed by atoms with Crippen LogP contribution < -0.4 is 5.73 Å². The van der Waals surface area contributed by atoms with Crippen LogP contribution in [0.3, 0.4) is 0 Å². The first-order valence-corrected chi connectivity index (χ1v) is 26.2. The number of aromatic hydroxyl groups is 2. The Bertz CT molecular complexity index is 4210. The zero-order valence-corrected chi connectivity index (χ0v) is 38.5. The van der Waals surface area contributed by atoms with Crippen molar-refractivity contribution in [2.24, 2.45) is 30.7 Å². The zero-order valence-electron chi connectivity index (χ0n) is 33.6. The van der Waals surface area contributed by atoms with E-state index in [-0.39, 0.29) is 0 Å². The summed E-state index contributed by atoms with van der Waals surface area (Å²) in [5.41, 5.74) is -3.72. The van der Waals surface area contributed by atoms with Crippen LogP contribution in [0.15, 0.2) is 127 Å². The molecule has 0 heterocycles. The van der Waals surface area contributed by atoms with Crippen LogP contribution >= 0.6 is 0 Å². The summed E-state index contributed by atoms with van der Waals surface area (Å²) in [6, 6.07) is 5.11. The Morgan fingerprint density at radius 1 is 0.408 bits per heavy atom. The van der Waals surface area contributed by atoms with Crippen molar-refractivity contribution in [1.29, 1.82) is 0 Å². The third-order valence-corrected chi connectivity index (χ3v) is 14.4. The number of anilines is 1. The average Bonchev–Trinajstić information content (AvgIpc) is 3.22. The van der Waals surface area contributed by atoms with Gasteiger partial charge in [-0.3, -0.25) is 47.5 Å². The van der Waals surface area contributed by atoms with Gasteiger partial charge in [-0.2, -0.15) is 50.5 Å². The second kappa shape index (κ2) is 17.9. The number of hydrogen-bond acceptors (Lipinski definition) is 25. The van der Waals surface area contributed by atoms with E-state index < -0.39 is 184 Å². The normalized spacial score (nSPS) is 13.3. The maximum absolute atomic E-state index is 12.7. The lowest BCUT2D eigenvalue weighted by Gasteiger charge is -2.14. The molecule has 6 aromatic carbocycles. The number of hydrogen-bond donors (Lipinski definition) is 9. The van der Waals surface area contributed by atoms with Gasteiger partial charge >= 0.3 is 0 Å². The summed E-state index contributed by atoms with van der Waals surface area (Å²) in [6.45, 7) is 0. The predicted molar refractivity (Wildman–Crippen MR) is 233 cm³/mol. The lowest BCUT2D eigenvalue weighted by atomic mass is 10.1. The largest absolute Gasteiger partial charge is 0.505 e. The molecule has 0 atom stereocenters. The van der Waals surface area contributed by atoms with E-state index in [0.29, 0.717) is 66.7 Å². The molecular formula is C32H21N9O24S6. The fraction of sp³-hybridized carbons (Fsp3) is 0. The first kappa shape index (κ1) is 52.7. The fourth-order valence-corrected chi connectivity index (χ4v) is 10.1. The van der Waals surface area contributed by atoms with Gasteiger partial charge in [-0.25, -0.2) is 0 Å². The van der Waals surface area contributed by atoms with Crippen LogP contribution in [0, 0.1) is 20.2 Å². The van der Waals surface area contributed by atoms with Crippen molar-refractivity contribution in [2.45, 2.75) is 29.4 Å². The number of nitrogens with zero attached hydrogens (tertiary/aromatic N) is 8. The summed E-state index contributed by atoms with van der Waals surface area (Å²) in [6.07, 6.45) is 0. The number of fused-ring (bicyclic) bond motifs is 2. The molecule has 0 aliphatic carbocycles. The summed E-state index contributed by atoms with van der Waals surface area (Å²) in [5, 5.41) is 62.6. The molecule has 0 saturated carbocycles.